The molecule has 1 saturated heterocycles. The summed E-state index contributed by atoms with van der Waals surface area (Å²) in [6.07, 6.45) is -7.06. The van der Waals surface area contributed by atoms with Crippen LogP contribution in [0.25, 0.3) is 22.2 Å². The number of benzene rings is 1. The molecule has 0 spiro atoms. The van der Waals surface area contributed by atoms with Gasteiger partial charge in [-0.05, 0) is 39.3 Å². The molecule has 1 aromatic carbocycles. The van der Waals surface area contributed by atoms with Crippen LogP contribution in [-0.2, 0) is 9.47 Å². The molecule has 2 aliphatic heterocycles. The van der Waals surface area contributed by atoms with Gasteiger partial charge in [0.05, 0.1) is 17.1 Å². The van der Waals surface area contributed by atoms with Crippen LogP contribution in [0.5, 0.6) is 0 Å². The summed E-state index contributed by atoms with van der Waals surface area (Å²) < 4.78 is 53.5. The molecule has 36 heavy (non-hydrogen) atoms. The van der Waals surface area contributed by atoms with Gasteiger partial charge in [0.2, 0.25) is 6.10 Å². The fraction of sp³-hybridized carbons (Fsp3) is 0.417. The van der Waals surface area contributed by atoms with Crippen LogP contribution in [0.1, 0.15) is 44.9 Å². The summed E-state index contributed by atoms with van der Waals surface area (Å²) in [4.78, 5) is 29.9. The van der Waals surface area contributed by atoms with E-state index in [0.29, 0.717) is 36.1 Å². The van der Waals surface area contributed by atoms with E-state index in [1.165, 1.54) is 12.3 Å². The van der Waals surface area contributed by atoms with Crippen LogP contribution in [0, 0.1) is 0 Å². The highest BCUT2D eigenvalue weighted by molar-refractivity contribution is 5.97. The number of ether oxygens (including phenoxy) is 2. The number of anilines is 1. The second kappa shape index (κ2) is 8.38. The predicted octanol–water partition coefficient (Wildman–Crippen LogP) is 5.45. The molecule has 12 heteroatoms. The Kier molecular flexibility index (Phi) is 5.56. The minimum atomic E-state index is -4.85. The van der Waals surface area contributed by atoms with Gasteiger partial charge < -0.3 is 14.4 Å². The molecule has 9 nitrogen and oxygen atoms in total. The van der Waals surface area contributed by atoms with Gasteiger partial charge in [-0.2, -0.15) is 18.3 Å². The van der Waals surface area contributed by atoms with E-state index in [2.05, 4.69) is 15.0 Å². The molecular weight excluding hydrogens is 479 g/mol. The lowest BCUT2D eigenvalue weighted by molar-refractivity contribution is -0.206. The van der Waals surface area contributed by atoms with Crippen molar-refractivity contribution in [3.63, 3.8) is 0 Å². The van der Waals surface area contributed by atoms with E-state index in [-0.39, 0.29) is 23.0 Å². The highest BCUT2D eigenvalue weighted by atomic mass is 19.4. The summed E-state index contributed by atoms with van der Waals surface area (Å²) in [6, 6.07) is 8.41. The topological polar surface area (TPSA) is 98.6 Å². The number of aromatic nitrogens is 3. The minimum Gasteiger partial charge on any atom is -0.444 e. The van der Waals surface area contributed by atoms with Crippen molar-refractivity contribution in [1.29, 1.82) is 0 Å². The van der Waals surface area contributed by atoms with Crippen molar-refractivity contribution in [2.45, 2.75) is 51.1 Å². The van der Waals surface area contributed by atoms with Gasteiger partial charge in [-0.3, -0.25) is 10.00 Å². The summed E-state index contributed by atoms with van der Waals surface area (Å²) in [5.74, 6) is -0.221. The van der Waals surface area contributed by atoms with Crippen molar-refractivity contribution in [2.75, 3.05) is 18.4 Å². The fourth-order valence-corrected chi connectivity index (χ4v) is 4.57. The summed E-state index contributed by atoms with van der Waals surface area (Å²) in [7, 11) is 0. The lowest BCUT2D eigenvalue weighted by Crippen LogP contribution is -2.35. The number of alkyl halides is 3. The Bertz CT molecular complexity index is 1350. The van der Waals surface area contributed by atoms with Crippen LogP contribution in [0.15, 0.2) is 36.5 Å². The Morgan fingerprint density at radius 3 is 2.67 bits per heavy atom. The van der Waals surface area contributed by atoms with Crippen LogP contribution in [-0.4, -0.2) is 56.7 Å². The third-order valence-corrected chi connectivity index (χ3v) is 6.02. The molecule has 2 atom stereocenters. The smallest absolute Gasteiger partial charge is 0.430 e. The monoisotopic (exact) mass is 503 g/mol. The molecule has 0 saturated carbocycles. The summed E-state index contributed by atoms with van der Waals surface area (Å²) >= 11 is 0. The number of nitrogens with zero attached hydrogens (tertiary/aromatic N) is 4. The number of likely N-dealkylation sites (tertiary alicyclic amines) is 1. The number of carbonyl (C=O) groups excluding carboxylic acids is 2. The van der Waals surface area contributed by atoms with E-state index in [9.17, 15) is 22.8 Å². The largest absolute Gasteiger partial charge is 0.444 e. The molecule has 4 heterocycles. The minimum absolute atomic E-state index is 0.152. The maximum absolute atomic E-state index is 13.9. The number of hydrogen-bond acceptors (Lipinski definition) is 6. The van der Waals surface area contributed by atoms with E-state index in [0.717, 1.165) is 0 Å². The number of halogens is 3. The Morgan fingerprint density at radius 1 is 1.19 bits per heavy atom. The molecule has 0 radical (unpaired) electrons. The number of cyclic esters (lactones) is 1. The Morgan fingerprint density at radius 2 is 1.94 bits per heavy atom. The van der Waals surface area contributed by atoms with Crippen LogP contribution in [0.2, 0.25) is 0 Å². The SMILES string of the molecule is CC(C)(C)OC(=O)N1CC[C@H](n2nc(-c3ccnc4c3[C@H](C(F)(F)F)OC(=O)N4)c3ccccc32)C1. The lowest BCUT2D eigenvalue weighted by Gasteiger charge is -2.28. The first-order valence-electron chi connectivity index (χ1n) is 11.4. The predicted molar refractivity (Wildman–Crippen MR) is 123 cm³/mol. The van der Waals surface area contributed by atoms with Gasteiger partial charge in [-0.25, -0.2) is 14.6 Å². The number of amides is 2. The standard InChI is InChI=1S/C24H24F3N5O4/c1-23(2,3)36-22(34)31-11-9-13(12-31)32-16-7-5-4-6-14(16)18(30-32)15-8-10-28-20-17(15)19(24(25,26)27)35-21(33)29-20/h4-8,10,13,19H,9,11-12H2,1-3H3,(H,28,29,33)/t13-,19+/m0/s1. The highest BCUT2D eigenvalue weighted by Crippen LogP contribution is 2.46. The zero-order chi connectivity index (χ0) is 25.8. The average Bonchev–Trinajstić information content (AvgIpc) is 3.41. The zero-order valence-electron chi connectivity index (χ0n) is 19.8. The first kappa shape index (κ1) is 23.9. The molecule has 1 fully saturated rings. The number of para-hydroxylation sites is 1. The molecule has 2 amide bonds. The molecule has 0 unspecified atom stereocenters. The fourth-order valence-electron chi connectivity index (χ4n) is 4.57. The maximum Gasteiger partial charge on any atom is 0.430 e. The molecule has 3 aromatic rings. The number of fused-ring (bicyclic) bond motifs is 2. The first-order valence-corrected chi connectivity index (χ1v) is 11.4. The Hall–Kier alpha value is -3.83. The molecule has 1 N–H and O–H groups in total. The normalized spacial score (nSPS) is 20.2. The van der Waals surface area contributed by atoms with Crippen LogP contribution < -0.4 is 5.32 Å². The Labute approximate surface area is 204 Å². The number of carbonyl (C=O) groups is 2. The number of pyridine rings is 1. The van der Waals surface area contributed by atoms with Gasteiger partial charge in [0.25, 0.3) is 0 Å². The van der Waals surface area contributed by atoms with Crippen molar-refractivity contribution in [3.05, 3.63) is 42.1 Å². The lowest BCUT2D eigenvalue weighted by atomic mass is 9.97. The third kappa shape index (κ3) is 4.31. The number of nitrogens with one attached hydrogen (secondary N) is 1. The van der Waals surface area contributed by atoms with Crippen molar-refractivity contribution < 1.29 is 32.2 Å². The van der Waals surface area contributed by atoms with E-state index >= 15 is 0 Å². The molecule has 0 aliphatic carbocycles. The van der Waals surface area contributed by atoms with Gasteiger partial charge in [-0.1, -0.05) is 18.2 Å². The van der Waals surface area contributed by atoms with Crippen molar-refractivity contribution in [1.82, 2.24) is 19.7 Å². The molecule has 2 aromatic heterocycles. The second-order valence-electron chi connectivity index (χ2n) is 9.75. The van der Waals surface area contributed by atoms with Crippen LogP contribution >= 0.6 is 0 Å². The number of hydrogen-bond donors (Lipinski definition) is 1. The van der Waals surface area contributed by atoms with Crippen LogP contribution in [0.3, 0.4) is 0 Å². The van der Waals surface area contributed by atoms with E-state index in [1.54, 1.807) is 42.5 Å². The van der Waals surface area contributed by atoms with Crippen molar-refractivity contribution >= 4 is 28.9 Å². The van der Waals surface area contributed by atoms with Gasteiger partial charge in [0.1, 0.15) is 17.1 Å². The molecular formula is C24H24F3N5O4. The third-order valence-electron chi connectivity index (χ3n) is 6.02. The molecule has 190 valence electrons. The zero-order valence-corrected chi connectivity index (χ0v) is 19.8. The van der Waals surface area contributed by atoms with E-state index in [4.69, 9.17) is 9.84 Å². The molecule has 2 aliphatic rings. The van der Waals surface area contributed by atoms with E-state index in [1.807, 2.05) is 12.1 Å². The van der Waals surface area contributed by atoms with Gasteiger partial charge in [0, 0.05) is 30.2 Å². The highest BCUT2D eigenvalue weighted by Gasteiger charge is 2.49. The number of rotatable bonds is 2. The van der Waals surface area contributed by atoms with E-state index < -0.39 is 30.1 Å². The average molecular weight is 503 g/mol. The second-order valence-corrected chi connectivity index (χ2v) is 9.75. The summed E-state index contributed by atoms with van der Waals surface area (Å²) in [5, 5.41) is 7.61. The van der Waals surface area contributed by atoms with Crippen molar-refractivity contribution in [2.24, 2.45) is 0 Å². The quantitative estimate of drug-likeness (QED) is 0.500. The maximum atomic E-state index is 13.9. The van der Waals surface area contributed by atoms with Crippen LogP contribution in [0.4, 0.5) is 28.6 Å². The summed E-state index contributed by atoms with van der Waals surface area (Å²) in [5.41, 5.74) is 0.224. The molecule has 5 rings (SSSR count). The summed E-state index contributed by atoms with van der Waals surface area (Å²) in [6.45, 7) is 6.19. The van der Waals surface area contributed by atoms with Gasteiger partial charge in [0.15, 0.2) is 0 Å². The van der Waals surface area contributed by atoms with Crippen molar-refractivity contribution in [3.8, 4) is 11.3 Å². The van der Waals surface area contributed by atoms with Gasteiger partial charge >= 0.3 is 18.4 Å². The van der Waals surface area contributed by atoms with Gasteiger partial charge in [-0.15, -0.1) is 0 Å². The molecule has 0 bridgehead atoms. The first-order chi connectivity index (χ1) is 16.9. The Balaban J connectivity index is 1.57.